The molecule has 2 nitrogen and oxygen atoms in total. The molecule has 0 aromatic rings. The largest absolute Gasteiger partial charge is 0.302 e. The van der Waals surface area contributed by atoms with Crippen molar-refractivity contribution < 1.29 is 4.79 Å². The van der Waals surface area contributed by atoms with Crippen LogP contribution in [0.25, 0.3) is 0 Å². The molecule has 0 spiro atoms. The van der Waals surface area contributed by atoms with Crippen molar-refractivity contribution in [2.24, 2.45) is 22.7 Å². The molecule has 21 heavy (non-hydrogen) atoms. The van der Waals surface area contributed by atoms with E-state index < -0.39 is 0 Å². The van der Waals surface area contributed by atoms with Crippen LogP contribution in [0, 0.1) is 22.7 Å². The van der Waals surface area contributed by atoms with Crippen LogP contribution in [0.3, 0.4) is 0 Å². The van der Waals surface area contributed by atoms with E-state index in [0.29, 0.717) is 28.4 Å². The Morgan fingerprint density at radius 3 is 2.43 bits per heavy atom. The van der Waals surface area contributed by atoms with Gasteiger partial charge in [0.15, 0.2) is 0 Å². The van der Waals surface area contributed by atoms with Crippen molar-refractivity contribution in [1.29, 1.82) is 0 Å². The number of nitrogens with zero attached hydrogens (tertiary/aromatic N) is 1. The number of hydrogen-bond donors (Lipinski definition) is 0. The third-order valence-electron chi connectivity index (χ3n) is 6.48. The van der Waals surface area contributed by atoms with E-state index in [-0.39, 0.29) is 0 Å². The van der Waals surface area contributed by atoms with Crippen LogP contribution >= 0.6 is 0 Å². The molecule has 1 aliphatic carbocycles. The van der Waals surface area contributed by atoms with Gasteiger partial charge in [0.05, 0.1) is 0 Å². The molecule has 0 amide bonds. The maximum absolute atomic E-state index is 12.3. The van der Waals surface area contributed by atoms with Gasteiger partial charge in [-0.1, -0.05) is 34.6 Å². The summed E-state index contributed by atoms with van der Waals surface area (Å²) < 4.78 is 0. The van der Waals surface area contributed by atoms with Crippen LogP contribution < -0.4 is 0 Å². The predicted octanol–water partition coefficient (Wildman–Crippen LogP) is 4.53. The van der Waals surface area contributed by atoms with E-state index in [1.807, 2.05) is 0 Å². The maximum Gasteiger partial charge on any atom is 0.137 e. The minimum atomic E-state index is 0.299. The standard InChI is InChI=1S/C19H35NO/c1-6-19(7-2)10-11-20(14-19)13-15-12-16(18(3,4)5)8-9-17(15)21/h15-16H,6-14H2,1-5H3. The van der Waals surface area contributed by atoms with E-state index >= 15 is 0 Å². The molecule has 1 aliphatic heterocycles. The molecular weight excluding hydrogens is 258 g/mol. The molecule has 2 unspecified atom stereocenters. The number of hydrogen-bond acceptors (Lipinski definition) is 2. The van der Waals surface area contributed by atoms with Crippen molar-refractivity contribution in [2.75, 3.05) is 19.6 Å². The second-order valence-electron chi connectivity index (χ2n) is 8.69. The van der Waals surface area contributed by atoms with Crippen LogP contribution in [0.5, 0.6) is 0 Å². The molecule has 0 bridgehead atoms. The highest BCUT2D eigenvalue weighted by Gasteiger charge is 2.39. The van der Waals surface area contributed by atoms with Crippen molar-refractivity contribution in [3.63, 3.8) is 0 Å². The van der Waals surface area contributed by atoms with Crippen molar-refractivity contribution in [3.05, 3.63) is 0 Å². The number of ketones is 1. The Bertz CT molecular complexity index is 364. The Hall–Kier alpha value is -0.370. The summed E-state index contributed by atoms with van der Waals surface area (Å²) in [6.45, 7) is 15.1. The predicted molar refractivity (Wildman–Crippen MR) is 89.4 cm³/mol. The Morgan fingerprint density at radius 1 is 1.24 bits per heavy atom. The van der Waals surface area contributed by atoms with Crippen molar-refractivity contribution in [1.82, 2.24) is 4.90 Å². The van der Waals surface area contributed by atoms with Gasteiger partial charge in [-0.05, 0) is 55.4 Å². The quantitative estimate of drug-likeness (QED) is 0.759. The number of likely N-dealkylation sites (tertiary alicyclic amines) is 1. The number of carbonyl (C=O) groups excluding carboxylic acids is 1. The fourth-order valence-corrected chi connectivity index (χ4v) is 4.40. The van der Waals surface area contributed by atoms with Crippen molar-refractivity contribution in [2.45, 2.75) is 73.1 Å². The molecule has 122 valence electrons. The highest BCUT2D eigenvalue weighted by Crippen LogP contribution is 2.41. The normalized spacial score (nSPS) is 30.8. The van der Waals surface area contributed by atoms with E-state index in [1.165, 1.54) is 32.4 Å². The molecule has 0 aromatic carbocycles. The first kappa shape index (κ1) is 17.0. The zero-order chi connectivity index (χ0) is 15.7. The van der Waals surface area contributed by atoms with E-state index in [4.69, 9.17) is 0 Å². The summed E-state index contributed by atoms with van der Waals surface area (Å²) in [4.78, 5) is 14.9. The lowest BCUT2D eigenvalue weighted by molar-refractivity contribution is -0.127. The van der Waals surface area contributed by atoms with Crippen LogP contribution in [0.4, 0.5) is 0 Å². The first-order valence-corrected chi connectivity index (χ1v) is 9.05. The lowest BCUT2D eigenvalue weighted by Crippen LogP contribution is -2.39. The van der Waals surface area contributed by atoms with Crippen LogP contribution in [-0.2, 0) is 4.79 Å². The average Bonchev–Trinajstić information content (AvgIpc) is 2.84. The van der Waals surface area contributed by atoms with Gasteiger partial charge < -0.3 is 4.90 Å². The molecule has 0 aromatic heterocycles. The molecule has 0 radical (unpaired) electrons. The van der Waals surface area contributed by atoms with Crippen molar-refractivity contribution in [3.8, 4) is 0 Å². The van der Waals surface area contributed by atoms with Gasteiger partial charge in [-0.25, -0.2) is 0 Å². The SMILES string of the molecule is CCC1(CC)CCN(CC2CC(C(C)(C)C)CCC2=O)C1. The molecule has 2 rings (SSSR count). The second kappa shape index (κ2) is 6.40. The van der Waals surface area contributed by atoms with Crippen molar-refractivity contribution >= 4 is 5.78 Å². The van der Waals surface area contributed by atoms with Gasteiger partial charge in [0.2, 0.25) is 0 Å². The molecule has 2 heteroatoms. The van der Waals surface area contributed by atoms with E-state index in [9.17, 15) is 4.79 Å². The van der Waals surface area contributed by atoms with E-state index in [0.717, 1.165) is 25.8 Å². The first-order chi connectivity index (χ1) is 9.79. The van der Waals surface area contributed by atoms with Gasteiger partial charge >= 0.3 is 0 Å². The fraction of sp³-hybridized carbons (Fsp3) is 0.947. The summed E-state index contributed by atoms with van der Waals surface area (Å²) in [7, 11) is 0. The number of Topliss-reactive ketones (excluding diaryl/α,β-unsaturated/α-hetero) is 1. The molecule has 1 heterocycles. The summed E-state index contributed by atoms with van der Waals surface area (Å²) in [5, 5.41) is 0. The van der Waals surface area contributed by atoms with Gasteiger partial charge in [-0.3, -0.25) is 4.79 Å². The van der Waals surface area contributed by atoms with Crippen LogP contribution in [0.15, 0.2) is 0 Å². The van der Waals surface area contributed by atoms with E-state index in [2.05, 4.69) is 39.5 Å². The summed E-state index contributed by atoms with van der Waals surface area (Å²) >= 11 is 0. The zero-order valence-corrected chi connectivity index (χ0v) is 14.9. The zero-order valence-electron chi connectivity index (χ0n) is 14.9. The van der Waals surface area contributed by atoms with E-state index in [1.54, 1.807) is 0 Å². The Labute approximate surface area is 131 Å². The summed E-state index contributed by atoms with van der Waals surface area (Å²) in [6.07, 6.45) is 6.92. The third kappa shape index (κ3) is 3.88. The lowest BCUT2D eigenvalue weighted by atomic mass is 9.68. The smallest absolute Gasteiger partial charge is 0.137 e. The molecule has 2 fully saturated rings. The molecule has 2 aliphatic rings. The molecule has 1 saturated carbocycles. The van der Waals surface area contributed by atoms with Gasteiger partial charge in [0.1, 0.15) is 5.78 Å². The van der Waals surface area contributed by atoms with Crippen LogP contribution in [0.1, 0.15) is 73.1 Å². The monoisotopic (exact) mass is 293 g/mol. The maximum atomic E-state index is 12.3. The number of rotatable bonds is 4. The average molecular weight is 293 g/mol. The highest BCUT2D eigenvalue weighted by molar-refractivity contribution is 5.82. The summed E-state index contributed by atoms with van der Waals surface area (Å²) in [5.41, 5.74) is 0.877. The highest BCUT2D eigenvalue weighted by atomic mass is 16.1. The second-order valence-corrected chi connectivity index (χ2v) is 8.69. The Balaban J connectivity index is 1.94. The van der Waals surface area contributed by atoms with Crippen LogP contribution in [-0.4, -0.2) is 30.3 Å². The van der Waals surface area contributed by atoms with Gasteiger partial charge in [-0.2, -0.15) is 0 Å². The van der Waals surface area contributed by atoms with Gasteiger partial charge in [-0.15, -0.1) is 0 Å². The minimum absolute atomic E-state index is 0.299. The Kier molecular flexibility index (Phi) is 5.18. The molecular formula is C19H35NO. The minimum Gasteiger partial charge on any atom is -0.302 e. The Morgan fingerprint density at radius 2 is 1.90 bits per heavy atom. The first-order valence-electron chi connectivity index (χ1n) is 9.05. The summed E-state index contributed by atoms with van der Waals surface area (Å²) in [6, 6.07) is 0. The molecule has 0 N–H and O–H groups in total. The van der Waals surface area contributed by atoms with Crippen LogP contribution in [0.2, 0.25) is 0 Å². The lowest BCUT2D eigenvalue weighted by Gasteiger charge is -2.38. The fourth-order valence-electron chi connectivity index (χ4n) is 4.40. The molecule has 1 saturated heterocycles. The topological polar surface area (TPSA) is 20.3 Å². The van der Waals surface area contributed by atoms with Gasteiger partial charge in [0, 0.05) is 25.4 Å². The number of carbonyl (C=O) groups is 1. The third-order valence-corrected chi connectivity index (χ3v) is 6.48. The van der Waals surface area contributed by atoms with Gasteiger partial charge in [0.25, 0.3) is 0 Å². The molecule has 2 atom stereocenters. The summed E-state index contributed by atoms with van der Waals surface area (Å²) in [5.74, 6) is 1.54.